The molecule has 0 aliphatic rings. The van der Waals surface area contributed by atoms with E-state index in [0.29, 0.717) is 47.4 Å². The number of aryl methyl sites for hydroxylation is 1. The van der Waals surface area contributed by atoms with Crippen LogP contribution in [0.2, 0.25) is 0 Å². The molecule has 0 atom stereocenters. The van der Waals surface area contributed by atoms with Crippen LogP contribution in [-0.4, -0.2) is 30.8 Å². The molecule has 0 aliphatic carbocycles. The largest absolute Gasteiger partial charge is 0.481 e. The monoisotopic (exact) mass is 552 g/mol. The van der Waals surface area contributed by atoms with Crippen molar-refractivity contribution in [1.82, 2.24) is 19.7 Å². The van der Waals surface area contributed by atoms with E-state index in [1.165, 1.54) is 41.0 Å². The van der Waals surface area contributed by atoms with Crippen LogP contribution in [-0.2, 0) is 17.4 Å². The number of hydrogen-bond donors (Lipinski definition) is 1. The van der Waals surface area contributed by atoms with Gasteiger partial charge >= 0.3 is 12.1 Å². The first-order chi connectivity index (χ1) is 19.1. The Morgan fingerprint density at radius 1 is 0.925 bits per heavy atom. The first-order valence-corrected chi connectivity index (χ1v) is 12.2. The highest BCUT2D eigenvalue weighted by molar-refractivity contribution is 5.83. The minimum atomic E-state index is -4.47. The van der Waals surface area contributed by atoms with Gasteiger partial charge in [-0.1, -0.05) is 11.2 Å². The highest BCUT2D eigenvalue weighted by Gasteiger charge is 2.30. The van der Waals surface area contributed by atoms with Gasteiger partial charge in [-0.15, -0.1) is 0 Å². The second-order valence-corrected chi connectivity index (χ2v) is 8.98. The van der Waals surface area contributed by atoms with Crippen molar-refractivity contribution in [3.05, 3.63) is 94.3 Å². The molecular formula is C28H20F4N4O4. The van der Waals surface area contributed by atoms with Crippen LogP contribution < -0.4 is 5.56 Å². The summed E-state index contributed by atoms with van der Waals surface area (Å²) in [4.78, 5) is 33.4. The van der Waals surface area contributed by atoms with Gasteiger partial charge in [-0.25, -0.2) is 9.37 Å². The summed E-state index contributed by atoms with van der Waals surface area (Å²) in [6.45, 7) is 0. The average molecular weight is 552 g/mol. The molecule has 3 aromatic carbocycles. The summed E-state index contributed by atoms with van der Waals surface area (Å²) in [5.74, 6) is -0.867. The van der Waals surface area contributed by atoms with Crippen molar-refractivity contribution in [2.45, 2.75) is 31.9 Å². The van der Waals surface area contributed by atoms with Gasteiger partial charge in [-0.3, -0.25) is 14.2 Å². The number of alkyl halides is 3. The Bertz CT molecular complexity index is 1740. The van der Waals surface area contributed by atoms with Crippen molar-refractivity contribution < 1.29 is 32.0 Å². The van der Waals surface area contributed by atoms with Gasteiger partial charge in [0, 0.05) is 24.0 Å². The molecule has 0 unspecified atom stereocenters. The second kappa shape index (κ2) is 10.7. The van der Waals surface area contributed by atoms with E-state index in [-0.39, 0.29) is 23.5 Å². The molecule has 40 heavy (non-hydrogen) atoms. The maximum absolute atomic E-state index is 13.5. The summed E-state index contributed by atoms with van der Waals surface area (Å²) in [5.41, 5.74) is 0.304. The van der Waals surface area contributed by atoms with E-state index in [2.05, 4.69) is 15.1 Å². The van der Waals surface area contributed by atoms with Gasteiger partial charge in [0.05, 0.1) is 22.2 Å². The molecule has 8 nitrogen and oxygen atoms in total. The van der Waals surface area contributed by atoms with Crippen molar-refractivity contribution in [3.63, 3.8) is 0 Å². The Morgan fingerprint density at radius 3 is 2.30 bits per heavy atom. The average Bonchev–Trinajstić information content (AvgIpc) is 3.42. The van der Waals surface area contributed by atoms with E-state index in [9.17, 15) is 27.2 Å². The molecule has 0 amide bonds. The Labute approximate surface area is 223 Å². The smallest absolute Gasteiger partial charge is 0.416 e. The van der Waals surface area contributed by atoms with Crippen LogP contribution in [0.4, 0.5) is 17.6 Å². The van der Waals surface area contributed by atoms with Gasteiger partial charge in [0.1, 0.15) is 11.6 Å². The van der Waals surface area contributed by atoms with Gasteiger partial charge in [-0.05, 0) is 73.5 Å². The Kier molecular flexibility index (Phi) is 7.16. The number of aromatic nitrogens is 4. The lowest BCUT2D eigenvalue weighted by Crippen LogP contribution is -2.24. The van der Waals surface area contributed by atoms with Crippen molar-refractivity contribution in [3.8, 4) is 28.5 Å². The van der Waals surface area contributed by atoms with Crippen LogP contribution in [0.15, 0.2) is 76.0 Å². The van der Waals surface area contributed by atoms with Crippen molar-refractivity contribution in [1.29, 1.82) is 0 Å². The molecule has 0 fully saturated rings. The number of nitrogens with zero attached hydrogens (tertiary/aromatic N) is 4. The molecule has 0 aliphatic heterocycles. The molecule has 0 spiro atoms. The van der Waals surface area contributed by atoms with Gasteiger partial charge in [0.25, 0.3) is 11.4 Å². The van der Waals surface area contributed by atoms with Gasteiger partial charge < -0.3 is 9.63 Å². The molecule has 0 radical (unpaired) electrons. The fourth-order valence-electron chi connectivity index (χ4n) is 4.21. The fraction of sp³-hybridized carbons (Fsp3) is 0.179. The summed E-state index contributed by atoms with van der Waals surface area (Å²) in [5, 5.41) is 13.1. The highest BCUT2D eigenvalue weighted by atomic mass is 19.4. The molecule has 5 rings (SSSR count). The molecule has 0 saturated carbocycles. The minimum absolute atomic E-state index is 0.0163. The minimum Gasteiger partial charge on any atom is -0.481 e. The van der Waals surface area contributed by atoms with Crippen LogP contribution in [0.1, 0.15) is 30.7 Å². The lowest BCUT2D eigenvalue weighted by atomic mass is 10.1. The van der Waals surface area contributed by atoms with E-state index >= 15 is 0 Å². The summed E-state index contributed by atoms with van der Waals surface area (Å²) in [6, 6.07) is 14.4. The van der Waals surface area contributed by atoms with Crippen LogP contribution in [0.3, 0.4) is 0 Å². The van der Waals surface area contributed by atoms with Gasteiger partial charge in [-0.2, -0.15) is 18.2 Å². The maximum atomic E-state index is 13.5. The zero-order valence-electron chi connectivity index (χ0n) is 20.7. The van der Waals surface area contributed by atoms with Crippen molar-refractivity contribution in [2.75, 3.05) is 0 Å². The summed E-state index contributed by atoms with van der Waals surface area (Å²) < 4.78 is 58.8. The number of hydrogen-bond acceptors (Lipinski definition) is 6. The van der Waals surface area contributed by atoms with Crippen LogP contribution in [0.5, 0.6) is 0 Å². The first kappa shape index (κ1) is 26.7. The third kappa shape index (κ3) is 5.60. The quantitative estimate of drug-likeness (QED) is 0.184. The zero-order chi connectivity index (χ0) is 28.4. The number of rotatable bonds is 8. The maximum Gasteiger partial charge on any atom is 0.416 e. The van der Waals surface area contributed by atoms with Gasteiger partial charge in [0.2, 0.25) is 5.82 Å². The van der Waals surface area contributed by atoms with E-state index in [0.717, 1.165) is 12.1 Å². The molecule has 12 heteroatoms. The van der Waals surface area contributed by atoms with Crippen molar-refractivity contribution >= 4 is 16.9 Å². The predicted molar refractivity (Wildman–Crippen MR) is 136 cm³/mol. The Hall–Kier alpha value is -4.87. The number of fused-ring (bicyclic) bond motifs is 1. The molecule has 2 heterocycles. The fourth-order valence-corrected chi connectivity index (χ4v) is 4.21. The summed E-state index contributed by atoms with van der Waals surface area (Å²) in [7, 11) is 0. The number of carboxylic acid groups (broad SMARTS) is 1. The molecule has 2 aromatic heterocycles. The highest BCUT2D eigenvalue weighted by Crippen LogP contribution is 2.31. The normalized spacial score (nSPS) is 11.7. The number of unbranched alkanes of at least 4 members (excludes halogenated alkanes) is 1. The topological polar surface area (TPSA) is 111 Å². The SMILES string of the molecule is O=C(O)CCCCc1nc2cc(-c3noc(-c4ccc(C(F)(F)F)cc4)n3)ccc2c(=O)n1-c1ccc(F)cc1. The lowest BCUT2D eigenvalue weighted by molar-refractivity contribution is -0.138. The van der Waals surface area contributed by atoms with E-state index in [1.807, 2.05) is 0 Å². The molecule has 0 saturated heterocycles. The Balaban J connectivity index is 1.51. The first-order valence-electron chi connectivity index (χ1n) is 12.2. The number of benzene rings is 3. The predicted octanol–water partition coefficient (Wildman–Crippen LogP) is 6.06. The number of carbonyl (C=O) groups is 1. The Morgan fingerprint density at radius 2 is 1.62 bits per heavy atom. The molecular weight excluding hydrogens is 532 g/mol. The number of aliphatic carboxylic acids is 1. The summed E-state index contributed by atoms with van der Waals surface area (Å²) in [6.07, 6.45) is -3.38. The summed E-state index contributed by atoms with van der Waals surface area (Å²) >= 11 is 0. The molecule has 5 aromatic rings. The van der Waals surface area contributed by atoms with Crippen LogP contribution >= 0.6 is 0 Å². The van der Waals surface area contributed by atoms with Gasteiger partial charge in [0.15, 0.2) is 0 Å². The van der Waals surface area contributed by atoms with Crippen LogP contribution in [0, 0.1) is 5.82 Å². The second-order valence-electron chi connectivity index (χ2n) is 8.98. The van der Waals surface area contributed by atoms with E-state index in [4.69, 9.17) is 9.63 Å². The third-order valence-corrected chi connectivity index (χ3v) is 6.21. The molecule has 1 N–H and O–H groups in total. The number of halogens is 4. The number of carboxylic acids is 1. The van der Waals surface area contributed by atoms with E-state index in [1.54, 1.807) is 18.2 Å². The van der Waals surface area contributed by atoms with E-state index < -0.39 is 29.1 Å². The molecule has 204 valence electrons. The molecule has 0 bridgehead atoms. The zero-order valence-corrected chi connectivity index (χ0v) is 20.7. The lowest BCUT2D eigenvalue weighted by Gasteiger charge is -2.14. The standard InChI is InChI=1S/C28H20F4N4O4/c29-19-10-12-20(13-11-19)36-23(3-1-2-4-24(37)38)33-22-15-17(7-14-21(22)27(36)39)25-34-26(40-35-25)16-5-8-18(9-6-16)28(30,31)32/h5-15H,1-4H2,(H,37,38). The van der Waals surface area contributed by atoms with Crippen molar-refractivity contribution in [2.24, 2.45) is 0 Å². The van der Waals surface area contributed by atoms with Crippen LogP contribution in [0.25, 0.3) is 39.4 Å². The third-order valence-electron chi connectivity index (χ3n) is 6.21.